The highest BCUT2D eigenvalue weighted by Crippen LogP contribution is 2.28. The Balaban J connectivity index is 2.77. The molecule has 0 amide bonds. The molecule has 1 rings (SSSR count). The molecule has 0 spiro atoms. The number of methoxy groups -OCH3 is 1. The summed E-state index contributed by atoms with van der Waals surface area (Å²) in [5, 5.41) is 3.47. The van der Waals surface area contributed by atoms with Gasteiger partial charge in [0.15, 0.2) is 11.5 Å². The van der Waals surface area contributed by atoms with Crippen LogP contribution in [0, 0.1) is 0 Å². The second-order valence-electron chi connectivity index (χ2n) is 6.18. The van der Waals surface area contributed by atoms with Crippen LogP contribution in [-0.4, -0.2) is 19.3 Å². The molecule has 0 atom stereocenters. The van der Waals surface area contributed by atoms with E-state index in [0.717, 1.165) is 18.0 Å². The summed E-state index contributed by atoms with van der Waals surface area (Å²) in [7, 11) is 1.66. The van der Waals surface area contributed by atoms with Crippen LogP contribution in [0.5, 0.6) is 11.5 Å². The van der Waals surface area contributed by atoms with Gasteiger partial charge in [0.25, 0.3) is 0 Å². The predicted octanol–water partition coefficient (Wildman–Crippen LogP) is 3.93. The minimum Gasteiger partial charge on any atom is -0.493 e. The fraction of sp³-hybridized carbons (Fsp3) is 0.529. The average molecular weight is 277 g/mol. The van der Waals surface area contributed by atoms with Crippen molar-refractivity contribution < 1.29 is 9.47 Å². The first-order valence-corrected chi connectivity index (χ1v) is 7.00. The number of benzene rings is 1. The summed E-state index contributed by atoms with van der Waals surface area (Å²) in [6, 6.07) is 6.05. The van der Waals surface area contributed by atoms with E-state index in [4.69, 9.17) is 9.47 Å². The van der Waals surface area contributed by atoms with E-state index in [-0.39, 0.29) is 5.54 Å². The molecule has 1 aromatic rings. The monoisotopic (exact) mass is 277 g/mol. The van der Waals surface area contributed by atoms with Gasteiger partial charge in [0, 0.05) is 12.1 Å². The highest BCUT2D eigenvalue weighted by Gasteiger charge is 2.10. The van der Waals surface area contributed by atoms with Crippen molar-refractivity contribution in [1.82, 2.24) is 5.32 Å². The van der Waals surface area contributed by atoms with Crippen LogP contribution >= 0.6 is 0 Å². The Labute approximate surface area is 123 Å². The zero-order valence-corrected chi connectivity index (χ0v) is 13.5. The summed E-state index contributed by atoms with van der Waals surface area (Å²) in [5.41, 5.74) is 2.53. The van der Waals surface area contributed by atoms with Crippen molar-refractivity contribution in [2.24, 2.45) is 0 Å². The standard InChI is InChI=1S/C17H27NO2/c1-13(2)9-10-20-16-11-14(7-8-15(16)19-6)12-18-17(3,4)5/h7-9,11,18H,10,12H2,1-6H3. The summed E-state index contributed by atoms with van der Waals surface area (Å²) >= 11 is 0. The molecule has 0 aliphatic carbocycles. The number of hydrogen-bond donors (Lipinski definition) is 1. The fourth-order valence-corrected chi connectivity index (χ4v) is 1.61. The van der Waals surface area contributed by atoms with Gasteiger partial charge in [-0.2, -0.15) is 0 Å². The molecule has 0 aromatic heterocycles. The van der Waals surface area contributed by atoms with Gasteiger partial charge in [-0.1, -0.05) is 11.6 Å². The lowest BCUT2D eigenvalue weighted by Gasteiger charge is -2.21. The van der Waals surface area contributed by atoms with E-state index in [9.17, 15) is 0 Å². The van der Waals surface area contributed by atoms with Gasteiger partial charge in [-0.25, -0.2) is 0 Å². The second-order valence-corrected chi connectivity index (χ2v) is 6.18. The normalized spacial score (nSPS) is 11.1. The van der Waals surface area contributed by atoms with Gasteiger partial charge in [-0.15, -0.1) is 0 Å². The second kappa shape index (κ2) is 7.34. The summed E-state index contributed by atoms with van der Waals surface area (Å²) in [4.78, 5) is 0. The van der Waals surface area contributed by atoms with Crippen LogP contribution in [0.3, 0.4) is 0 Å². The Bertz CT molecular complexity index is 455. The molecular weight excluding hydrogens is 250 g/mol. The highest BCUT2D eigenvalue weighted by molar-refractivity contribution is 5.43. The van der Waals surface area contributed by atoms with Crippen LogP contribution in [0.15, 0.2) is 29.8 Å². The van der Waals surface area contributed by atoms with Crippen LogP contribution in [-0.2, 0) is 6.54 Å². The Kier molecular flexibility index (Phi) is 6.08. The summed E-state index contributed by atoms with van der Waals surface area (Å²) in [6.07, 6.45) is 2.06. The Morgan fingerprint density at radius 3 is 2.45 bits per heavy atom. The number of nitrogens with one attached hydrogen (secondary N) is 1. The minimum absolute atomic E-state index is 0.100. The maximum absolute atomic E-state index is 5.78. The molecular formula is C17H27NO2. The molecule has 0 bridgehead atoms. The van der Waals surface area contributed by atoms with Crippen LogP contribution in [0.1, 0.15) is 40.2 Å². The molecule has 0 saturated heterocycles. The Morgan fingerprint density at radius 1 is 1.20 bits per heavy atom. The lowest BCUT2D eigenvalue weighted by Crippen LogP contribution is -2.35. The van der Waals surface area contributed by atoms with Gasteiger partial charge in [-0.05, 0) is 58.4 Å². The predicted molar refractivity (Wildman–Crippen MR) is 84.5 cm³/mol. The topological polar surface area (TPSA) is 30.5 Å². The summed E-state index contributed by atoms with van der Waals surface area (Å²) < 4.78 is 11.1. The summed E-state index contributed by atoms with van der Waals surface area (Å²) in [6.45, 7) is 12.0. The molecule has 0 unspecified atom stereocenters. The largest absolute Gasteiger partial charge is 0.493 e. The van der Waals surface area contributed by atoms with Crippen LogP contribution < -0.4 is 14.8 Å². The molecule has 0 fully saturated rings. The third-order valence-electron chi connectivity index (χ3n) is 2.78. The van der Waals surface area contributed by atoms with Crippen molar-refractivity contribution in [3.8, 4) is 11.5 Å². The number of ether oxygens (including phenoxy) is 2. The van der Waals surface area contributed by atoms with E-state index in [1.165, 1.54) is 11.1 Å². The zero-order chi connectivity index (χ0) is 15.2. The van der Waals surface area contributed by atoms with E-state index >= 15 is 0 Å². The van der Waals surface area contributed by atoms with E-state index < -0.39 is 0 Å². The van der Waals surface area contributed by atoms with E-state index in [1.807, 2.05) is 12.1 Å². The van der Waals surface area contributed by atoms with Crippen molar-refractivity contribution in [2.45, 2.75) is 46.7 Å². The molecule has 0 radical (unpaired) electrons. The number of rotatable bonds is 6. The molecule has 1 N–H and O–H groups in total. The molecule has 1 aromatic carbocycles. The van der Waals surface area contributed by atoms with E-state index in [1.54, 1.807) is 7.11 Å². The third kappa shape index (κ3) is 6.11. The number of allylic oxidation sites excluding steroid dienone is 1. The van der Waals surface area contributed by atoms with Crippen molar-refractivity contribution in [1.29, 1.82) is 0 Å². The maximum atomic E-state index is 5.78. The van der Waals surface area contributed by atoms with E-state index in [2.05, 4.69) is 52.1 Å². The van der Waals surface area contributed by atoms with Gasteiger partial charge in [0.05, 0.1) is 7.11 Å². The highest BCUT2D eigenvalue weighted by atomic mass is 16.5. The first-order valence-electron chi connectivity index (χ1n) is 7.00. The van der Waals surface area contributed by atoms with Gasteiger partial charge in [0.1, 0.15) is 6.61 Å². The molecule has 0 heterocycles. The van der Waals surface area contributed by atoms with Gasteiger partial charge < -0.3 is 14.8 Å². The Hall–Kier alpha value is -1.48. The minimum atomic E-state index is 0.100. The quantitative estimate of drug-likeness (QED) is 0.799. The first kappa shape index (κ1) is 16.6. The molecule has 0 saturated carbocycles. The van der Waals surface area contributed by atoms with Gasteiger partial charge in [-0.3, -0.25) is 0 Å². The van der Waals surface area contributed by atoms with Gasteiger partial charge >= 0.3 is 0 Å². The molecule has 20 heavy (non-hydrogen) atoms. The van der Waals surface area contributed by atoms with Crippen molar-refractivity contribution in [3.63, 3.8) is 0 Å². The van der Waals surface area contributed by atoms with E-state index in [0.29, 0.717) is 6.61 Å². The lowest BCUT2D eigenvalue weighted by atomic mass is 10.1. The molecule has 0 aliphatic rings. The van der Waals surface area contributed by atoms with Crippen molar-refractivity contribution >= 4 is 0 Å². The maximum Gasteiger partial charge on any atom is 0.161 e. The molecule has 3 nitrogen and oxygen atoms in total. The van der Waals surface area contributed by atoms with Crippen molar-refractivity contribution in [2.75, 3.05) is 13.7 Å². The molecule has 3 heteroatoms. The van der Waals surface area contributed by atoms with Crippen LogP contribution in [0.25, 0.3) is 0 Å². The SMILES string of the molecule is COc1ccc(CNC(C)(C)C)cc1OCC=C(C)C. The molecule has 0 aliphatic heterocycles. The lowest BCUT2D eigenvalue weighted by molar-refractivity contribution is 0.325. The average Bonchev–Trinajstić information content (AvgIpc) is 2.35. The van der Waals surface area contributed by atoms with Crippen LogP contribution in [0.2, 0.25) is 0 Å². The zero-order valence-electron chi connectivity index (χ0n) is 13.5. The smallest absolute Gasteiger partial charge is 0.161 e. The third-order valence-corrected chi connectivity index (χ3v) is 2.78. The van der Waals surface area contributed by atoms with Crippen LogP contribution in [0.4, 0.5) is 0 Å². The number of hydrogen-bond acceptors (Lipinski definition) is 3. The first-order chi connectivity index (χ1) is 9.31. The molecule has 112 valence electrons. The fourth-order valence-electron chi connectivity index (χ4n) is 1.61. The Morgan fingerprint density at radius 2 is 1.90 bits per heavy atom. The van der Waals surface area contributed by atoms with Gasteiger partial charge in [0.2, 0.25) is 0 Å². The van der Waals surface area contributed by atoms with Crippen molar-refractivity contribution in [3.05, 3.63) is 35.4 Å². The summed E-state index contributed by atoms with van der Waals surface area (Å²) in [5.74, 6) is 1.56.